The van der Waals surface area contributed by atoms with Crippen molar-refractivity contribution in [2.45, 2.75) is 12.6 Å². The van der Waals surface area contributed by atoms with E-state index in [-0.39, 0.29) is 26.3 Å². The summed E-state index contributed by atoms with van der Waals surface area (Å²) in [4.78, 5) is 17.1. The van der Waals surface area contributed by atoms with E-state index in [9.17, 15) is 0 Å². The van der Waals surface area contributed by atoms with Gasteiger partial charge in [-0.15, -0.1) is 17.4 Å². The molecule has 1 fully saturated rings. The number of fused-ring (bicyclic) bond motifs is 2. The third-order valence-corrected chi connectivity index (χ3v) is 12.1. The molecule has 1 saturated heterocycles. The molecule has 0 amide bonds. The normalized spacial score (nSPS) is 18.9. The van der Waals surface area contributed by atoms with Gasteiger partial charge in [-0.2, -0.15) is 92.1 Å². The molecule has 0 saturated carbocycles. The van der Waals surface area contributed by atoms with Crippen LogP contribution in [0.4, 0.5) is 17.1 Å². The molecular weight excluding hydrogens is 927 g/mol. The van der Waals surface area contributed by atoms with Gasteiger partial charge in [-0.3, -0.25) is 12.0 Å². The molecule has 6 aromatic rings. The molecule has 307 valence electrons. The van der Waals surface area contributed by atoms with Gasteiger partial charge < -0.3 is 34.3 Å². The third kappa shape index (κ3) is 7.39. The van der Waals surface area contributed by atoms with Gasteiger partial charge in [-0.1, -0.05) is 109 Å². The number of benzene rings is 6. The first-order chi connectivity index (χ1) is 29.8. The summed E-state index contributed by atoms with van der Waals surface area (Å²) >= 11 is 0. The molecule has 61 heavy (non-hydrogen) atoms. The number of nitrogens with zero attached hydrogens (tertiary/aromatic N) is 7. The molecule has 7 nitrogen and oxygen atoms in total. The monoisotopic (exact) mass is 972 g/mol. The van der Waals surface area contributed by atoms with Crippen LogP contribution in [0, 0.1) is 37.4 Å². The third-order valence-electron chi connectivity index (χ3n) is 12.1. The Morgan fingerprint density at radius 3 is 1.75 bits per heavy atom. The predicted molar refractivity (Wildman–Crippen MR) is 242 cm³/mol. The van der Waals surface area contributed by atoms with Crippen LogP contribution in [0.3, 0.4) is 0 Å². The molecule has 0 aromatic heterocycles. The Balaban J connectivity index is 0.00000445. The second-order valence-electron chi connectivity index (χ2n) is 15.7. The fourth-order valence-electron chi connectivity index (χ4n) is 9.27. The second kappa shape index (κ2) is 17.1. The topological polar surface area (TPSA) is 22.7 Å². The summed E-state index contributed by atoms with van der Waals surface area (Å²) in [5.41, 5.74) is 11.6. The molecule has 5 aliphatic rings. The zero-order valence-corrected chi connectivity index (χ0v) is 36.2. The minimum atomic E-state index is 0. The van der Waals surface area contributed by atoms with Gasteiger partial charge in [0.1, 0.15) is 0 Å². The fraction of sp³-hybridized carbons (Fsp3) is 0.132. The second-order valence-corrected chi connectivity index (χ2v) is 15.7. The van der Waals surface area contributed by atoms with Crippen molar-refractivity contribution < 1.29 is 20.1 Å². The molecule has 0 N–H and O–H groups in total. The van der Waals surface area contributed by atoms with Crippen LogP contribution < -0.4 is 14.7 Å². The van der Waals surface area contributed by atoms with E-state index in [0.29, 0.717) is 0 Å². The maximum absolute atomic E-state index is 3.51. The fourth-order valence-corrected chi connectivity index (χ4v) is 9.27. The Morgan fingerprint density at radius 2 is 1.11 bits per heavy atom. The molecule has 0 aliphatic carbocycles. The molecule has 8 heteroatoms. The molecule has 1 atom stereocenters. The van der Waals surface area contributed by atoms with Crippen LogP contribution in [0.15, 0.2) is 182 Å². The van der Waals surface area contributed by atoms with Crippen molar-refractivity contribution in [3.05, 3.63) is 242 Å². The first kappa shape index (κ1) is 39.0. The Labute approximate surface area is 374 Å². The van der Waals surface area contributed by atoms with Crippen molar-refractivity contribution in [3.63, 3.8) is 0 Å². The summed E-state index contributed by atoms with van der Waals surface area (Å²) in [6.45, 7) is 9.15. The van der Waals surface area contributed by atoms with E-state index in [2.05, 4.69) is 218 Å². The zero-order chi connectivity index (χ0) is 39.8. The van der Waals surface area contributed by atoms with Crippen LogP contribution in [0.1, 0.15) is 28.7 Å². The summed E-state index contributed by atoms with van der Waals surface area (Å²) < 4.78 is 0. The summed E-state index contributed by atoms with van der Waals surface area (Å²) in [5, 5.41) is 0. The number of anilines is 3. The molecule has 11 rings (SSSR count). The summed E-state index contributed by atoms with van der Waals surface area (Å²) in [5.74, 6) is 1.42. The average Bonchev–Trinajstić information content (AvgIpc) is 4.06. The molecule has 6 aromatic carbocycles. The van der Waals surface area contributed by atoms with Crippen molar-refractivity contribution in [1.29, 1.82) is 0 Å². The number of hydrogen-bond acceptors (Lipinski definition) is 7. The molecule has 5 aliphatic heterocycles. The van der Waals surface area contributed by atoms with E-state index >= 15 is 0 Å². The maximum atomic E-state index is 3.51. The number of hydrogen-bond donors (Lipinski definition) is 0. The van der Waals surface area contributed by atoms with E-state index in [1.54, 1.807) is 0 Å². The van der Waals surface area contributed by atoms with Crippen molar-refractivity contribution in [3.8, 4) is 0 Å². The Kier molecular flexibility index (Phi) is 10.9. The van der Waals surface area contributed by atoms with Gasteiger partial charge in [0.2, 0.25) is 0 Å². The molecule has 0 spiro atoms. The zero-order valence-electron chi connectivity index (χ0n) is 33.8. The van der Waals surface area contributed by atoms with Crippen molar-refractivity contribution >= 4 is 34.2 Å². The molecule has 0 bridgehead atoms. The first-order valence-corrected chi connectivity index (χ1v) is 20.9. The molecule has 1 unspecified atom stereocenters. The molecule has 5 heterocycles. The van der Waals surface area contributed by atoms with Crippen LogP contribution in [-0.4, -0.2) is 58.5 Å². The number of rotatable bonds is 9. The Hall–Kier alpha value is -6.18. The van der Waals surface area contributed by atoms with Gasteiger partial charge in [0.15, 0.2) is 0 Å². The SMILES string of the molecule is [Ir].[c-]1ccccc1N1[CH-]N(CCN2CC[C-]3[C-](N4C=C(c5ccccc5)N(c5[c-]cccc5)[CH-]4)c4ccccc4N4C(c5ccccc5)=CN(CC2)C34)C=C1c1ccccc1. The average molecular weight is 972 g/mol. The van der Waals surface area contributed by atoms with Crippen molar-refractivity contribution in [2.75, 3.05) is 47.4 Å². The summed E-state index contributed by atoms with van der Waals surface area (Å²) in [6.07, 6.45) is 8.02. The van der Waals surface area contributed by atoms with E-state index in [1.807, 2.05) is 24.3 Å². The minimum absolute atomic E-state index is 0. The van der Waals surface area contributed by atoms with Crippen LogP contribution in [0.5, 0.6) is 0 Å². The minimum Gasteiger partial charge on any atom is -0.561 e. The summed E-state index contributed by atoms with van der Waals surface area (Å²) in [6, 6.07) is 66.0. The van der Waals surface area contributed by atoms with Crippen LogP contribution in [0.2, 0.25) is 0 Å². The summed E-state index contributed by atoms with van der Waals surface area (Å²) in [7, 11) is 0. The van der Waals surface area contributed by atoms with Gasteiger partial charge in [0, 0.05) is 63.9 Å². The molecule has 1 radical (unpaired) electrons. The quantitative estimate of drug-likeness (QED) is 0.133. The van der Waals surface area contributed by atoms with Crippen molar-refractivity contribution in [1.82, 2.24) is 19.6 Å². The Bertz CT molecular complexity index is 2510. The smallest absolute Gasteiger partial charge is 0.0530 e. The van der Waals surface area contributed by atoms with Crippen LogP contribution in [-0.2, 0) is 20.1 Å². The standard InChI is InChI=1S/C53H45N7.Ir/c1-6-18-41(19-7-1)49-36-55(39-58(49)44-24-12-4-13-25-44)33-32-54-31-30-47-52(57-37-50(42-20-8-2-9-21-42)59(40-57)45-26-14-5-15-27-45)46-28-16-17-29-48(46)60-51(43-22-10-3-11-23-43)38-56(35-34-54)53(47)60;/h1-24,26,28-29,36-40,53H,30-35H2;/q-6;. The van der Waals surface area contributed by atoms with Gasteiger partial charge in [-0.05, 0) is 41.8 Å². The maximum Gasteiger partial charge on any atom is 0.0530 e. The van der Waals surface area contributed by atoms with E-state index in [4.69, 9.17) is 0 Å². The van der Waals surface area contributed by atoms with Gasteiger partial charge >= 0.3 is 0 Å². The van der Waals surface area contributed by atoms with Gasteiger partial charge in [0.25, 0.3) is 0 Å². The van der Waals surface area contributed by atoms with Crippen LogP contribution in [0.25, 0.3) is 17.1 Å². The van der Waals surface area contributed by atoms with E-state index < -0.39 is 0 Å². The van der Waals surface area contributed by atoms with E-state index in [0.717, 1.165) is 67.5 Å². The van der Waals surface area contributed by atoms with Gasteiger partial charge in [-0.25, -0.2) is 0 Å². The number of para-hydroxylation sites is 3. The van der Waals surface area contributed by atoms with Crippen molar-refractivity contribution in [2.24, 2.45) is 0 Å². The Morgan fingerprint density at radius 1 is 0.541 bits per heavy atom. The largest absolute Gasteiger partial charge is 0.561 e. The molecular formula is C53H45IrN7-6. The van der Waals surface area contributed by atoms with E-state index in [1.165, 1.54) is 40.0 Å². The van der Waals surface area contributed by atoms with Gasteiger partial charge in [0.05, 0.1) is 5.70 Å². The van der Waals surface area contributed by atoms with Crippen LogP contribution >= 0.6 is 0 Å². The first-order valence-electron chi connectivity index (χ1n) is 20.9. The predicted octanol–water partition coefficient (Wildman–Crippen LogP) is 9.79.